The number of nitriles is 1. The van der Waals surface area contributed by atoms with Gasteiger partial charge in [-0.05, 0) is 24.3 Å². The summed E-state index contributed by atoms with van der Waals surface area (Å²) in [7, 11) is 1.45. The van der Waals surface area contributed by atoms with E-state index in [0.29, 0.717) is 32.6 Å². The van der Waals surface area contributed by atoms with Gasteiger partial charge in [0.25, 0.3) is 0 Å². The van der Waals surface area contributed by atoms with Crippen LogP contribution >= 0.6 is 23.2 Å². The van der Waals surface area contributed by atoms with E-state index in [1.807, 2.05) is 6.07 Å². The fourth-order valence-electron chi connectivity index (χ4n) is 1.84. The molecule has 0 aliphatic rings. The van der Waals surface area contributed by atoms with Gasteiger partial charge in [-0.2, -0.15) is 5.26 Å². The molecule has 0 amide bonds. The third kappa shape index (κ3) is 3.52. The van der Waals surface area contributed by atoms with Crippen LogP contribution in [0, 0.1) is 11.3 Å². The van der Waals surface area contributed by atoms with E-state index in [1.165, 1.54) is 13.2 Å². The molecule has 2 rings (SSSR count). The maximum absolute atomic E-state index is 10.1. The highest BCUT2D eigenvalue weighted by Crippen LogP contribution is 2.34. The van der Waals surface area contributed by atoms with Crippen LogP contribution in [-0.2, 0) is 6.54 Å². The number of phenols is 1. The van der Waals surface area contributed by atoms with E-state index in [4.69, 9.17) is 33.2 Å². The molecule has 6 heteroatoms. The zero-order valence-corrected chi connectivity index (χ0v) is 12.7. The molecule has 21 heavy (non-hydrogen) atoms. The van der Waals surface area contributed by atoms with Crippen molar-refractivity contribution < 1.29 is 9.84 Å². The number of ether oxygens (including phenoxy) is 1. The minimum absolute atomic E-state index is 0.0157. The summed E-state index contributed by atoms with van der Waals surface area (Å²) in [5.41, 5.74) is 1.67. The van der Waals surface area contributed by atoms with E-state index in [1.54, 1.807) is 24.3 Å². The van der Waals surface area contributed by atoms with Crippen molar-refractivity contribution in [1.29, 1.82) is 5.26 Å². The maximum atomic E-state index is 10.1. The summed E-state index contributed by atoms with van der Waals surface area (Å²) in [6, 6.07) is 10.1. The second kappa shape index (κ2) is 6.57. The lowest BCUT2D eigenvalue weighted by Gasteiger charge is -2.12. The first-order chi connectivity index (χ1) is 10.0. The lowest BCUT2D eigenvalue weighted by Crippen LogP contribution is -2.01. The van der Waals surface area contributed by atoms with Gasteiger partial charge in [-0.25, -0.2) is 0 Å². The molecule has 108 valence electrons. The first kappa shape index (κ1) is 15.3. The summed E-state index contributed by atoms with van der Waals surface area (Å²) in [6.45, 7) is 0.289. The van der Waals surface area contributed by atoms with Crippen LogP contribution in [0.2, 0.25) is 10.0 Å². The van der Waals surface area contributed by atoms with Crippen LogP contribution in [0.5, 0.6) is 11.5 Å². The Bertz CT molecular complexity index is 712. The standard InChI is InChI=1S/C15H12Cl2N2O2/c1-21-14-6-11(16)5-10(15(14)20)8-19-13-4-9(7-18)2-3-12(13)17/h2-6,19-20H,8H2,1H3. The summed E-state index contributed by atoms with van der Waals surface area (Å²) in [4.78, 5) is 0. The van der Waals surface area contributed by atoms with E-state index in [-0.39, 0.29) is 12.3 Å². The Kier molecular flexibility index (Phi) is 4.79. The number of hydrogen-bond donors (Lipinski definition) is 2. The van der Waals surface area contributed by atoms with Crippen molar-refractivity contribution in [3.8, 4) is 17.6 Å². The normalized spacial score (nSPS) is 10.0. The molecule has 0 spiro atoms. The van der Waals surface area contributed by atoms with Gasteiger partial charge in [-0.3, -0.25) is 0 Å². The van der Waals surface area contributed by atoms with Gasteiger partial charge >= 0.3 is 0 Å². The Morgan fingerprint density at radius 2 is 2.05 bits per heavy atom. The average Bonchev–Trinajstić information content (AvgIpc) is 2.49. The zero-order valence-electron chi connectivity index (χ0n) is 11.2. The molecule has 0 radical (unpaired) electrons. The van der Waals surface area contributed by atoms with E-state index in [0.717, 1.165) is 0 Å². The van der Waals surface area contributed by atoms with Crippen molar-refractivity contribution in [1.82, 2.24) is 0 Å². The van der Waals surface area contributed by atoms with Crippen molar-refractivity contribution >= 4 is 28.9 Å². The molecule has 0 heterocycles. The molecule has 0 aliphatic heterocycles. The number of aromatic hydroxyl groups is 1. The third-order valence-corrected chi connectivity index (χ3v) is 3.45. The molecular weight excluding hydrogens is 311 g/mol. The number of anilines is 1. The third-order valence-electron chi connectivity index (χ3n) is 2.90. The number of rotatable bonds is 4. The fraction of sp³-hybridized carbons (Fsp3) is 0.133. The highest BCUT2D eigenvalue weighted by molar-refractivity contribution is 6.33. The number of methoxy groups -OCH3 is 1. The van der Waals surface area contributed by atoms with Crippen LogP contribution in [0.15, 0.2) is 30.3 Å². The van der Waals surface area contributed by atoms with Crippen molar-refractivity contribution in [2.75, 3.05) is 12.4 Å². The van der Waals surface area contributed by atoms with Crippen LogP contribution < -0.4 is 10.1 Å². The largest absolute Gasteiger partial charge is 0.504 e. The van der Waals surface area contributed by atoms with Gasteiger partial charge in [-0.15, -0.1) is 0 Å². The lowest BCUT2D eigenvalue weighted by atomic mass is 10.1. The fourth-order valence-corrected chi connectivity index (χ4v) is 2.25. The molecule has 0 aliphatic carbocycles. The minimum atomic E-state index is 0.0157. The first-order valence-electron chi connectivity index (χ1n) is 6.04. The summed E-state index contributed by atoms with van der Waals surface area (Å²) in [5.74, 6) is 0.318. The molecule has 0 saturated heterocycles. The number of halogens is 2. The van der Waals surface area contributed by atoms with Crippen molar-refractivity contribution in [3.63, 3.8) is 0 Å². The molecule has 4 nitrogen and oxygen atoms in total. The first-order valence-corrected chi connectivity index (χ1v) is 6.79. The zero-order chi connectivity index (χ0) is 15.4. The van der Waals surface area contributed by atoms with Crippen LogP contribution in [0.3, 0.4) is 0 Å². The molecule has 0 unspecified atom stereocenters. The van der Waals surface area contributed by atoms with Crippen LogP contribution in [0.4, 0.5) is 5.69 Å². The average molecular weight is 323 g/mol. The highest BCUT2D eigenvalue weighted by atomic mass is 35.5. The van der Waals surface area contributed by atoms with E-state index >= 15 is 0 Å². The Hall–Kier alpha value is -2.09. The number of hydrogen-bond acceptors (Lipinski definition) is 4. The van der Waals surface area contributed by atoms with Gasteiger partial charge in [0.2, 0.25) is 0 Å². The van der Waals surface area contributed by atoms with Gasteiger partial charge in [-0.1, -0.05) is 23.2 Å². The molecule has 0 saturated carbocycles. The van der Waals surface area contributed by atoms with E-state index < -0.39 is 0 Å². The summed E-state index contributed by atoms with van der Waals surface area (Å²) < 4.78 is 5.05. The van der Waals surface area contributed by atoms with Crippen molar-refractivity contribution in [2.24, 2.45) is 0 Å². The maximum Gasteiger partial charge on any atom is 0.162 e. The lowest BCUT2D eigenvalue weighted by molar-refractivity contribution is 0.371. The van der Waals surface area contributed by atoms with Crippen LogP contribution in [0.1, 0.15) is 11.1 Å². The van der Waals surface area contributed by atoms with Crippen molar-refractivity contribution in [2.45, 2.75) is 6.54 Å². The molecule has 2 aromatic rings. The van der Waals surface area contributed by atoms with Crippen LogP contribution in [0.25, 0.3) is 0 Å². The van der Waals surface area contributed by atoms with Gasteiger partial charge in [0.05, 0.1) is 29.5 Å². The molecular formula is C15H12Cl2N2O2. The van der Waals surface area contributed by atoms with Crippen molar-refractivity contribution in [3.05, 3.63) is 51.5 Å². The second-order valence-corrected chi connectivity index (χ2v) is 5.12. The topological polar surface area (TPSA) is 65.3 Å². The number of benzene rings is 2. The van der Waals surface area contributed by atoms with E-state index in [9.17, 15) is 5.11 Å². The minimum Gasteiger partial charge on any atom is -0.504 e. The quantitative estimate of drug-likeness (QED) is 0.885. The number of phenolic OH excluding ortho intramolecular Hbond substituents is 1. The Labute approximate surface area is 132 Å². The van der Waals surface area contributed by atoms with Gasteiger partial charge in [0.15, 0.2) is 11.5 Å². The summed E-state index contributed by atoms with van der Waals surface area (Å²) in [6.07, 6.45) is 0. The summed E-state index contributed by atoms with van der Waals surface area (Å²) >= 11 is 12.0. The van der Waals surface area contributed by atoms with Gasteiger partial charge in [0.1, 0.15) is 0 Å². The number of nitrogens with zero attached hydrogens (tertiary/aromatic N) is 1. The second-order valence-electron chi connectivity index (χ2n) is 4.28. The Morgan fingerprint density at radius 1 is 1.29 bits per heavy atom. The van der Waals surface area contributed by atoms with Crippen LogP contribution in [-0.4, -0.2) is 12.2 Å². The smallest absolute Gasteiger partial charge is 0.162 e. The SMILES string of the molecule is COc1cc(Cl)cc(CNc2cc(C#N)ccc2Cl)c1O. The van der Waals surface area contributed by atoms with Gasteiger partial charge < -0.3 is 15.2 Å². The molecule has 2 N–H and O–H groups in total. The number of nitrogens with one attached hydrogen (secondary N) is 1. The summed E-state index contributed by atoms with van der Waals surface area (Å²) in [5, 5.41) is 23.0. The molecule has 0 bridgehead atoms. The Balaban J connectivity index is 2.25. The molecule has 0 atom stereocenters. The predicted octanol–water partition coefficient (Wildman–Crippen LogP) is 4.19. The Morgan fingerprint density at radius 3 is 2.71 bits per heavy atom. The monoisotopic (exact) mass is 322 g/mol. The van der Waals surface area contributed by atoms with E-state index in [2.05, 4.69) is 5.32 Å². The predicted molar refractivity (Wildman–Crippen MR) is 83.2 cm³/mol. The molecule has 0 fully saturated rings. The van der Waals surface area contributed by atoms with Gasteiger partial charge in [0, 0.05) is 23.2 Å². The highest BCUT2D eigenvalue weighted by Gasteiger charge is 2.10. The molecule has 2 aromatic carbocycles. The molecule has 0 aromatic heterocycles.